The van der Waals surface area contributed by atoms with Gasteiger partial charge >= 0.3 is 6.09 Å². The Bertz CT molecular complexity index is 774. The van der Waals surface area contributed by atoms with Crippen molar-refractivity contribution < 1.29 is 18.3 Å². The van der Waals surface area contributed by atoms with Crippen LogP contribution in [0, 0.1) is 0 Å². The van der Waals surface area contributed by atoms with Crippen LogP contribution in [0.2, 0.25) is 5.02 Å². The van der Waals surface area contributed by atoms with Gasteiger partial charge in [0, 0.05) is 11.6 Å². The van der Waals surface area contributed by atoms with Gasteiger partial charge in [-0.2, -0.15) is 0 Å². The minimum atomic E-state index is -3.43. The monoisotopic (exact) mass is 327 g/mol. The zero-order valence-electron chi connectivity index (χ0n) is 11.0. The van der Waals surface area contributed by atoms with Crippen LogP contribution in [-0.4, -0.2) is 31.9 Å². The van der Waals surface area contributed by atoms with Crippen molar-refractivity contribution in [2.45, 2.75) is 11.3 Å². The molecule has 112 valence electrons. The van der Waals surface area contributed by atoms with Gasteiger partial charge in [-0.15, -0.1) is 0 Å². The van der Waals surface area contributed by atoms with Crippen molar-refractivity contribution in [3.05, 3.63) is 41.4 Å². The maximum absolute atomic E-state index is 12.2. The Labute approximate surface area is 127 Å². The molecule has 2 rings (SSSR count). The van der Waals surface area contributed by atoms with Crippen LogP contribution in [0.1, 0.15) is 6.42 Å². The lowest BCUT2D eigenvalue weighted by Crippen LogP contribution is -2.23. The minimum absolute atomic E-state index is 0.105. The third-order valence-corrected chi connectivity index (χ3v) is 5.03. The van der Waals surface area contributed by atoms with Gasteiger partial charge in [-0.1, -0.05) is 23.7 Å². The summed E-state index contributed by atoms with van der Waals surface area (Å²) in [7, 11) is -3.43. The first kappa shape index (κ1) is 15.6. The van der Waals surface area contributed by atoms with E-state index in [1.165, 1.54) is 0 Å². The van der Waals surface area contributed by atoms with Crippen LogP contribution in [0.3, 0.4) is 0 Å². The predicted octanol–water partition coefficient (Wildman–Crippen LogP) is 2.92. The largest absolute Gasteiger partial charge is 0.465 e. The highest BCUT2D eigenvalue weighted by molar-refractivity contribution is 7.91. The van der Waals surface area contributed by atoms with E-state index in [0.29, 0.717) is 5.02 Å². The number of rotatable bonds is 5. The number of amides is 1. The maximum Gasteiger partial charge on any atom is 0.404 e. The second kappa shape index (κ2) is 6.32. The van der Waals surface area contributed by atoms with E-state index in [1.54, 1.807) is 36.4 Å². The summed E-state index contributed by atoms with van der Waals surface area (Å²) in [5, 5.41) is 12.8. The molecule has 2 N–H and O–H groups in total. The summed E-state index contributed by atoms with van der Waals surface area (Å²) >= 11 is 5.89. The maximum atomic E-state index is 12.2. The summed E-state index contributed by atoms with van der Waals surface area (Å²) in [5.74, 6) is -0.105. The van der Waals surface area contributed by atoms with E-state index in [4.69, 9.17) is 16.7 Å². The molecular formula is C14H14ClNO4S. The summed E-state index contributed by atoms with van der Waals surface area (Å²) in [6.07, 6.45) is -0.928. The van der Waals surface area contributed by atoms with Crippen LogP contribution >= 0.6 is 11.6 Å². The van der Waals surface area contributed by atoms with Gasteiger partial charge in [-0.05, 0) is 41.5 Å². The number of hydrogen-bond acceptors (Lipinski definition) is 3. The van der Waals surface area contributed by atoms with Crippen molar-refractivity contribution in [1.29, 1.82) is 0 Å². The number of carboxylic acid groups (broad SMARTS) is 1. The molecule has 0 radical (unpaired) electrons. The molecule has 2 aromatic rings. The Hall–Kier alpha value is -1.79. The van der Waals surface area contributed by atoms with Crippen LogP contribution in [0.15, 0.2) is 41.3 Å². The van der Waals surface area contributed by atoms with E-state index in [-0.39, 0.29) is 23.6 Å². The Morgan fingerprint density at radius 3 is 2.52 bits per heavy atom. The fourth-order valence-electron chi connectivity index (χ4n) is 1.96. The average Bonchev–Trinajstić information content (AvgIpc) is 2.43. The molecule has 0 aliphatic carbocycles. The van der Waals surface area contributed by atoms with Gasteiger partial charge < -0.3 is 10.4 Å². The quantitative estimate of drug-likeness (QED) is 0.827. The number of carbonyl (C=O) groups is 1. The van der Waals surface area contributed by atoms with Crippen molar-refractivity contribution in [2.75, 3.05) is 12.3 Å². The first-order valence-electron chi connectivity index (χ1n) is 6.27. The fraction of sp³-hybridized carbons (Fsp3) is 0.214. The third kappa shape index (κ3) is 4.09. The van der Waals surface area contributed by atoms with E-state index in [0.717, 1.165) is 10.8 Å². The Balaban J connectivity index is 2.16. The highest BCUT2D eigenvalue weighted by atomic mass is 35.5. The zero-order chi connectivity index (χ0) is 15.5. The number of halogens is 1. The number of sulfone groups is 1. The van der Waals surface area contributed by atoms with E-state index in [1.807, 2.05) is 0 Å². The van der Waals surface area contributed by atoms with Gasteiger partial charge in [0.2, 0.25) is 0 Å². The van der Waals surface area contributed by atoms with E-state index < -0.39 is 15.9 Å². The van der Waals surface area contributed by atoms with Gasteiger partial charge in [-0.25, -0.2) is 13.2 Å². The molecule has 0 aromatic heterocycles. The molecule has 0 spiro atoms. The van der Waals surface area contributed by atoms with Crippen molar-refractivity contribution in [2.24, 2.45) is 0 Å². The molecule has 0 unspecified atom stereocenters. The van der Waals surface area contributed by atoms with Crippen molar-refractivity contribution in [1.82, 2.24) is 5.32 Å². The second-order valence-electron chi connectivity index (χ2n) is 4.56. The first-order valence-corrected chi connectivity index (χ1v) is 8.30. The van der Waals surface area contributed by atoms with Gasteiger partial charge in [0.15, 0.2) is 9.84 Å². The first-order chi connectivity index (χ1) is 9.88. The second-order valence-corrected chi connectivity index (χ2v) is 7.10. The van der Waals surface area contributed by atoms with E-state index >= 15 is 0 Å². The lowest BCUT2D eigenvalue weighted by molar-refractivity contribution is 0.194. The van der Waals surface area contributed by atoms with Crippen LogP contribution in [-0.2, 0) is 9.84 Å². The molecule has 0 heterocycles. The molecule has 0 aliphatic heterocycles. The highest BCUT2D eigenvalue weighted by Gasteiger charge is 2.14. The van der Waals surface area contributed by atoms with Crippen LogP contribution in [0.4, 0.5) is 4.79 Å². The molecule has 1 amide bonds. The number of fused-ring (bicyclic) bond motifs is 1. The van der Waals surface area contributed by atoms with Crippen molar-refractivity contribution in [3.8, 4) is 0 Å². The normalized spacial score (nSPS) is 11.5. The molecular weight excluding hydrogens is 314 g/mol. The van der Waals surface area contributed by atoms with Gasteiger partial charge in [0.05, 0.1) is 10.6 Å². The summed E-state index contributed by atoms with van der Waals surface area (Å²) < 4.78 is 24.4. The smallest absolute Gasteiger partial charge is 0.404 e. The van der Waals surface area contributed by atoms with Gasteiger partial charge in [-0.3, -0.25) is 0 Å². The molecule has 0 fully saturated rings. The summed E-state index contributed by atoms with van der Waals surface area (Å²) in [4.78, 5) is 10.5. The average molecular weight is 328 g/mol. The Morgan fingerprint density at radius 2 is 1.81 bits per heavy atom. The molecule has 7 heteroatoms. The molecule has 5 nitrogen and oxygen atoms in total. The molecule has 0 bridgehead atoms. The molecule has 0 aliphatic rings. The SMILES string of the molecule is O=C(O)NCCCS(=O)(=O)c1ccc2cc(Cl)ccc2c1. The van der Waals surface area contributed by atoms with Gasteiger partial charge in [0.1, 0.15) is 0 Å². The number of benzene rings is 2. The van der Waals surface area contributed by atoms with Crippen molar-refractivity contribution in [3.63, 3.8) is 0 Å². The third-order valence-electron chi connectivity index (χ3n) is 3.00. The summed E-state index contributed by atoms with van der Waals surface area (Å²) in [6.45, 7) is 0.109. The lowest BCUT2D eigenvalue weighted by atomic mass is 10.1. The molecule has 0 atom stereocenters. The Morgan fingerprint density at radius 1 is 1.14 bits per heavy atom. The summed E-state index contributed by atoms with van der Waals surface area (Å²) in [6, 6.07) is 10.1. The van der Waals surface area contributed by atoms with Crippen LogP contribution < -0.4 is 5.32 Å². The standard InChI is InChI=1S/C14H14ClNO4S/c15-12-4-2-11-9-13(5-3-10(11)8-12)21(19,20)7-1-6-16-14(17)18/h2-5,8-9,16H,1,6-7H2,(H,17,18). The van der Waals surface area contributed by atoms with Crippen molar-refractivity contribution >= 4 is 38.3 Å². The predicted molar refractivity (Wildman–Crippen MR) is 81.7 cm³/mol. The Kier molecular flexibility index (Phi) is 4.69. The number of nitrogens with one attached hydrogen (secondary N) is 1. The number of hydrogen-bond donors (Lipinski definition) is 2. The molecule has 21 heavy (non-hydrogen) atoms. The zero-order valence-corrected chi connectivity index (χ0v) is 12.6. The van der Waals surface area contributed by atoms with Crippen LogP contribution in [0.5, 0.6) is 0 Å². The molecule has 2 aromatic carbocycles. The van der Waals surface area contributed by atoms with Gasteiger partial charge in [0.25, 0.3) is 0 Å². The molecule has 0 saturated carbocycles. The van der Waals surface area contributed by atoms with E-state index in [2.05, 4.69) is 5.32 Å². The highest BCUT2D eigenvalue weighted by Crippen LogP contribution is 2.23. The molecule has 0 saturated heterocycles. The summed E-state index contributed by atoms with van der Waals surface area (Å²) in [5.41, 5.74) is 0. The van der Waals surface area contributed by atoms with E-state index in [9.17, 15) is 13.2 Å². The lowest BCUT2D eigenvalue weighted by Gasteiger charge is -2.06. The fourth-order valence-corrected chi connectivity index (χ4v) is 3.49. The topological polar surface area (TPSA) is 83.5 Å². The minimum Gasteiger partial charge on any atom is -0.465 e. The van der Waals surface area contributed by atoms with Crippen LogP contribution in [0.25, 0.3) is 10.8 Å².